The molecule has 0 spiro atoms. The van der Waals surface area contributed by atoms with E-state index in [4.69, 9.17) is 4.55 Å². The van der Waals surface area contributed by atoms with Crippen molar-refractivity contribution in [2.45, 2.75) is 18.7 Å². The number of benzene rings is 1. The average molecular weight is 268 g/mol. The lowest BCUT2D eigenvalue weighted by Gasteiger charge is -2.12. The molecule has 0 aromatic heterocycles. The van der Waals surface area contributed by atoms with Crippen molar-refractivity contribution >= 4 is 27.4 Å². The number of carbonyl (C=O) groups is 1. The summed E-state index contributed by atoms with van der Waals surface area (Å²) >= 11 is 0. The van der Waals surface area contributed by atoms with E-state index in [1.165, 1.54) is 29.3 Å². The predicted molar refractivity (Wildman–Crippen MR) is 66.0 cm³/mol. The predicted octanol–water partition coefficient (Wildman–Crippen LogP) is 1.29. The number of carbonyl (C=O) groups excluding carboxylic acids is 1. The Balaban J connectivity index is 2.35. The maximum absolute atomic E-state index is 11.8. The van der Waals surface area contributed by atoms with E-state index in [2.05, 4.69) is 5.10 Å². The summed E-state index contributed by atoms with van der Waals surface area (Å²) < 4.78 is 30.6. The summed E-state index contributed by atoms with van der Waals surface area (Å²) in [5.41, 5.74) is 1.18. The Morgan fingerprint density at radius 2 is 1.83 bits per heavy atom. The third kappa shape index (κ3) is 2.14. The summed E-state index contributed by atoms with van der Waals surface area (Å²) in [5, 5.41) is 5.33. The molecular weight excluding hydrogens is 256 g/mol. The van der Waals surface area contributed by atoms with Crippen LogP contribution in [0.25, 0.3) is 0 Å². The lowest BCUT2D eigenvalue weighted by Crippen LogP contribution is -2.25. The van der Waals surface area contributed by atoms with Gasteiger partial charge in [0.2, 0.25) is 0 Å². The fourth-order valence-corrected chi connectivity index (χ4v) is 2.08. The van der Waals surface area contributed by atoms with Gasteiger partial charge in [0.15, 0.2) is 0 Å². The van der Waals surface area contributed by atoms with Gasteiger partial charge in [0.05, 0.1) is 16.5 Å². The summed E-state index contributed by atoms with van der Waals surface area (Å²) in [6.45, 7) is 3.52. The molecule has 2 rings (SSSR count). The summed E-state index contributed by atoms with van der Waals surface area (Å²) in [5.74, 6) is -0.432. The SMILES string of the molecule is CC1=NN(c2ccc(S(=O)(=O)O)cc2)C(=O)C1C. The minimum atomic E-state index is -4.22. The van der Waals surface area contributed by atoms with Gasteiger partial charge in [-0.05, 0) is 38.1 Å². The van der Waals surface area contributed by atoms with Gasteiger partial charge >= 0.3 is 0 Å². The highest BCUT2D eigenvalue weighted by atomic mass is 32.2. The highest BCUT2D eigenvalue weighted by Gasteiger charge is 2.30. The van der Waals surface area contributed by atoms with Crippen molar-refractivity contribution in [3.8, 4) is 0 Å². The summed E-state index contributed by atoms with van der Waals surface area (Å²) in [4.78, 5) is 11.6. The van der Waals surface area contributed by atoms with Crippen LogP contribution in [-0.4, -0.2) is 24.6 Å². The Morgan fingerprint density at radius 1 is 1.28 bits per heavy atom. The molecule has 0 bridgehead atoms. The van der Waals surface area contributed by atoms with Gasteiger partial charge in [-0.25, -0.2) is 5.01 Å². The first-order chi connectivity index (χ1) is 8.30. The van der Waals surface area contributed by atoms with Crippen molar-refractivity contribution in [2.75, 3.05) is 5.01 Å². The molecule has 1 aliphatic rings. The molecule has 1 unspecified atom stereocenters. The van der Waals surface area contributed by atoms with Gasteiger partial charge in [-0.1, -0.05) is 0 Å². The number of rotatable bonds is 2. The van der Waals surface area contributed by atoms with E-state index < -0.39 is 10.1 Å². The van der Waals surface area contributed by atoms with Gasteiger partial charge < -0.3 is 0 Å². The van der Waals surface area contributed by atoms with Crippen LogP contribution in [-0.2, 0) is 14.9 Å². The monoisotopic (exact) mass is 268 g/mol. The molecule has 96 valence electrons. The molecule has 1 amide bonds. The molecule has 0 fully saturated rings. The molecule has 6 nitrogen and oxygen atoms in total. The second-order valence-electron chi connectivity index (χ2n) is 4.08. The summed E-state index contributed by atoms with van der Waals surface area (Å²) in [6, 6.07) is 5.31. The van der Waals surface area contributed by atoms with Crippen molar-refractivity contribution in [2.24, 2.45) is 11.0 Å². The summed E-state index contributed by atoms with van der Waals surface area (Å²) in [7, 11) is -4.22. The van der Waals surface area contributed by atoms with Crippen LogP contribution in [0.2, 0.25) is 0 Å². The Labute approximate surface area is 105 Å². The van der Waals surface area contributed by atoms with E-state index in [9.17, 15) is 13.2 Å². The van der Waals surface area contributed by atoms with Gasteiger partial charge in [0.1, 0.15) is 0 Å². The Hall–Kier alpha value is -1.73. The molecule has 0 radical (unpaired) electrons. The minimum Gasteiger partial charge on any atom is -0.282 e. The molecule has 1 aliphatic heterocycles. The van der Waals surface area contributed by atoms with Crippen LogP contribution in [0.1, 0.15) is 13.8 Å². The quantitative estimate of drug-likeness (QED) is 0.819. The van der Waals surface area contributed by atoms with Crippen LogP contribution < -0.4 is 5.01 Å². The van der Waals surface area contributed by atoms with Crippen LogP contribution in [0, 0.1) is 5.92 Å². The largest absolute Gasteiger partial charge is 0.294 e. The minimum absolute atomic E-state index is 0.160. The van der Waals surface area contributed by atoms with Crippen molar-refractivity contribution in [3.05, 3.63) is 24.3 Å². The topological polar surface area (TPSA) is 87.0 Å². The zero-order valence-corrected chi connectivity index (χ0v) is 10.7. The van der Waals surface area contributed by atoms with Crippen molar-refractivity contribution in [1.82, 2.24) is 0 Å². The zero-order chi connectivity index (χ0) is 13.5. The van der Waals surface area contributed by atoms with Crippen molar-refractivity contribution in [1.29, 1.82) is 0 Å². The lowest BCUT2D eigenvalue weighted by atomic mass is 10.1. The molecule has 7 heteroatoms. The number of hydrogen-bond donors (Lipinski definition) is 1. The van der Waals surface area contributed by atoms with Crippen LogP contribution in [0.15, 0.2) is 34.3 Å². The number of amides is 1. The molecule has 1 aromatic rings. The first kappa shape index (κ1) is 12.7. The molecule has 1 heterocycles. The smallest absolute Gasteiger partial charge is 0.282 e. The highest BCUT2D eigenvalue weighted by molar-refractivity contribution is 7.85. The van der Waals surface area contributed by atoms with Gasteiger partial charge in [-0.3, -0.25) is 9.35 Å². The maximum Gasteiger partial charge on any atom is 0.294 e. The summed E-state index contributed by atoms with van der Waals surface area (Å²) in [6.07, 6.45) is 0. The zero-order valence-electron chi connectivity index (χ0n) is 9.86. The fourth-order valence-electron chi connectivity index (χ4n) is 1.60. The maximum atomic E-state index is 11.8. The molecule has 0 saturated carbocycles. The van der Waals surface area contributed by atoms with E-state index in [0.29, 0.717) is 11.4 Å². The van der Waals surface area contributed by atoms with E-state index >= 15 is 0 Å². The normalized spacial score (nSPS) is 20.2. The molecule has 0 aliphatic carbocycles. The van der Waals surface area contributed by atoms with E-state index in [-0.39, 0.29) is 16.7 Å². The Kier molecular flexibility index (Phi) is 2.95. The lowest BCUT2D eigenvalue weighted by molar-refractivity contribution is -0.119. The Bertz CT molecular complexity index is 619. The van der Waals surface area contributed by atoms with Gasteiger partial charge in [0, 0.05) is 5.71 Å². The number of hydrogen-bond acceptors (Lipinski definition) is 4. The second kappa shape index (κ2) is 4.18. The van der Waals surface area contributed by atoms with Crippen LogP contribution >= 0.6 is 0 Å². The third-order valence-electron chi connectivity index (χ3n) is 2.84. The number of anilines is 1. The third-order valence-corrected chi connectivity index (χ3v) is 3.71. The standard InChI is InChI=1S/C11H12N2O4S/c1-7-8(2)12-13(11(7)14)9-3-5-10(6-4-9)18(15,16)17/h3-7H,1-2H3,(H,15,16,17). The molecular formula is C11H12N2O4S. The second-order valence-corrected chi connectivity index (χ2v) is 5.50. The van der Waals surface area contributed by atoms with E-state index in [0.717, 1.165) is 0 Å². The van der Waals surface area contributed by atoms with Gasteiger partial charge in [-0.2, -0.15) is 13.5 Å². The van der Waals surface area contributed by atoms with Crippen molar-refractivity contribution in [3.63, 3.8) is 0 Å². The van der Waals surface area contributed by atoms with Gasteiger partial charge in [-0.15, -0.1) is 0 Å². The Morgan fingerprint density at radius 3 is 2.22 bits per heavy atom. The fraction of sp³-hybridized carbons (Fsp3) is 0.273. The molecule has 18 heavy (non-hydrogen) atoms. The molecule has 1 atom stereocenters. The van der Waals surface area contributed by atoms with Crippen molar-refractivity contribution < 1.29 is 17.8 Å². The number of hydrazone groups is 1. The molecule has 0 saturated heterocycles. The van der Waals surface area contributed by atoms with Crippen LogP contribution in [0.4, 0.5) is 5.69 Å². The van der Waals surface area contributed by atoms with E-state index in [1.54, 1.807) is 13.8 Å². The molecule has 1 N–H and O–H groups in total. The highest BCUT2D eigenvalue weighted by Crippen LogP contribution is 2.24. The van der Waals surface area contributed by atoms with Crippen LogP contribution in [0.5, 0.6) is 0 Å². The first-order valence-electron chi connectivity index (χ1n) is 5.27. The average Bonchev–Trinajstić information content (AvgIpc) is 2.56. The van der Waals surface area contributed by atoms with Gasteiger partial charge in [0.25, 0.3) is 16.0 Å². The van der Waals surface area contributed by atoms with E-state index in [1.807, 2.05) is 0 Å². The first-order valence-corrected chi connectivity index (χ1v) is 6.71. The van der Waals surface area contributed by atoms with Crippen LogP contribution in [0.3, 0.4) is 0 Å². The number of nitrogens with zero attached hydrogens (tertiary/aromatic N) is 2. The molecule has 1 aromatic carbocycles.